The van der Waals surface area contributed by atoms with Crippen LogP contribution >= 0.6 is 0 Å². The molecule has 0 heterocycles. The van der Waals surface area contributed by atoms with E-state index in [1.54, 1.807) is 17.6 Å². The second kappa shape index (κ2) is 6.90. The predicted octanol–water partition coefficient (Wildman–Crippen LogP) is 2.66. The van der Waals surface area contributed by atoms with Crippen molar-refractivity contribution in [2.45, 2.75) is 12.8 Å². The van der Waals surface area contributed by atoms with E-state index >= 15 is 0 Å². The third-order valence-electron chi connectivity index (χ3n) is 3.50. The van der Waals surface area contributed by atoms with Crippen LogP contribution in [0.5, 0.6) is 0 Å². The molecule has 2 N–H and O–H groups in total. The third kappa shape index (κ3) is 3.83. The van der Waals surface area contributed by atoms with Crippen LogP contribution in [0.1, 0.15) is 21.5 Å². The highest BCUT2D eigenvalue weighted by atomic mass is 16.5. The van der Waals surface area contributed by atoms with Gasteiger partial charge in [-0.1, -0.05) is 30.3 Å². The summed E-state index contributed by atoms with van der Waals surface area (Å²) in [5.41, 5.74) is 5.53. The maximum atomic E-state index is 11.6. The number of carbonyl (C=O) groups is 1. The smallest absolute Gasteiger partial charge is 0.274 e. The molecule has 0 saturated heterocycles. The number of amides is 1. The van der Waals surface area contributed by atoms with Gasteiger partial charge in [0.15, 0.2) is 0 Å². The van der Waals surface area contributed by atoms with Gasteiger partial charge in [0.05, 0.1) is 0 Å². The molecule has 0 atom stereocenters. The van der Waals surface area contributed by atoms with Crippen molar-refractivity contribution in [1.29, 1.82) is 0 Å². The zero-order valence-corrected chi connectivity index (χ0v) is 12.3. The van der Waals surface area contributed by atoms with E-state index in [0.717, 1.165) is 18.4 Å². The lowest BCUT2D eigenvalue weighted by molar-refractivity contribution is 0.0705. The Hall–Kier alpha value is -2.33. The molecule has 0 spiro atoms. The summed E-state index contributed by atoms with van der Waals surface area (Å²) in [4.78, 5) is 13.7. The molecule has 0 aliphatic carbocycles. The van der Waals surface area contributed by atoms with E-state index in [2.05, 4.69) is 29.2 Å². The van der Waals surface area contributed by atoms with Crippen LogP contribution in [0.15, 0.2) is 48.5 Å². The van der Waals surface area contributed by atoms with E-state index in [1.165, 1.54) is 11.3 Å². The van der Waals surface area contributed by atoms with Crippen LogP contribution in [0, 0.1) is 0 Å². The van der Waals surface area contributed by atoms with Crippen LogP contribution in [0.3, 0.4) is 0 Å². The van der Waals surface area contributed by atoms with Crippen molar-refractivity contribution in [3.8, 4) is 0 Å². The van der Waals surface area contributed by atoms with Crippen molar-refractivity contribution in [2.75, 3.05) is 19.0 Å². The van der Waals surface area contributed by atoms with Crippen molar-refractivity contribution >= 4 is 11.6 Å². The summed E-state index contributed by atoms with van der Waals surface area (Å²) in [5, 5.41) is 8.78. The van der Waals surface area contributed by atoms with Gasteiger partial charge in [-0.15, -0.1) is 0 Å². The molecule has 2 aromatic carbocycles. The van der Waals surface area contributed by atoms with Crippen LogP contribution in [-0.2, 0) is 12.8 Å². The van der Waals surface area contributed by atoms with E-state index in [0.29, 0.717) is 5.56 Å². The molecule has 0 fully saturated rings. The zero-order valence-electron chi connectivity index (χ0n) is 12.3. The molecule has 2 rings (SSSR count). The number of hydrogen-bond acceptors (Lipinski definition) is 3. The van der Waals surface area contributed by atoms with Gasteiger partial charge in [0.2, 0.25) is 0 Å². The number of hydrogen-bond donors (Lipinski definition) is 2. The highest BCUT2D eigenvalue weighted by Crippen LogP contribution is 2.16. The number of hydroxylamine groups is 1. The predicted molar refractivity (Wildman–Crippen MR) is 83.9 cm³/mol. The topological polar surface area (TPSA) is 52.6 Å². The minimum Gasteiger partial charge on any atom is -0.378 e. The lowest BCUT2D eigenvalue weighted by atomic mass is 9.99. The highest BCUT2D eigenvalue weighted by Gasteiger charge is 2.09. The number of benzene rings is 2. The molecule has 0 aromatic heterocycles. The summed E-state index contributed by atoms with van der Waals surface area (Å²) in [6.07, 6.45) is 1.61. The molecule has 21 heavy (non-hydrogen) atoms. The molecule has 1 amide bonds. The minimum atomic E-state index is -0.464. The van der Waals surface area contributed by atoms with Crippen LogP contribution < -0.4 is 10.4 Å². The number of rotatable bonds is 5. The fourth-order valence-corrected chi connectivity index (χ4v) is 2.26. The second-order valence-electron chi connectivity index (χ2n) is 5.16. The Balaban J connectivity index is 2.08. The van der Waals surface area contributed by atoms with Crippen molar-refractivity contribution in [2.24, 2.45) is 0 Å². The summed E-state index contributed by atoms with van der Waals surface area (Å²) in [5.74, 6) is -0.464. The summed E-state index contributed by atoms with van der Waals surface area (Å²) in [6, 6.07) is 15.7. The van der Waals surface area contributed by atoms with Crippen molar-refractivity contribution in [3.05, 3.63) is 65.2 Å². The quantitative estimate of drug-likeness (QED) is 0.655. The molecule has 0 unspecified atom stereocenters. The molecule has 0 radical (unpaired) electrons. The van der Waals surface area contributed by atoms with E-state index in [4.69, 9.17) is 5.21 Å². The largest absolute Gasteiger partial charge is 0.378 e. The summed E-state index contributed by atoms with van der Waals surface area (Å²) in [7, 11) is 4.03. The average molecular weight is 284 g/mol. The van der Waals surface area contributed by atoms with Gasteiger partial charge in [0.25, 0.3) is 5.91 Å². The van der Waals surface area contributed by atoms with Crippen molar-refractivity contribution in [3.63, 3.8) is 0 Å². The number of nitrogens with one attached hydrogen (secondary N) is 1. The van der Waals surface area contributed by atoms with Gasteiger partial charge in [0, 0.05) is 25.3 Å². The normalized spacial score (nSPS) is 10.2. The first kappa shape index (κ1) is 15.1. The molecule has 2 aromatic rings. The number of aryl methyl sites for hydroxylation is 2. The molecule has 4 nitrogen and oxygen atoms in total. The fraction of sp³-hybridized carbons (Fsp3) is 0.235. The summed E-state index contributed by atoms with van der Waals surface area (Å²) >= 11 is 0. The number of anilines is 1. The molecule has 0 aliphatic heterocycles. The highest BCUT2D eigenvalue weighted by molar-refractivity contribution is 5.94. The van der Waals surface area contributed by atoms with Gasteiger partial charge in [-0.2, -0.15) is 0 Å². The molecule has 0 bridgehead atoms. The van der Waals surface area contributed by atoms with Crippen molar-refractivity contribution < 1.29 is 10.0 Å². The number of carbonyl (C=O) groups excluding carboxylic acids is 1. The Morgan fingerprint density at radius 2 is 1.71 bits per heavy atom. The minimum absolute atomic E-state index is 0.464. The molecular formula is C17H20N2O2. The Morgan fingerprint density at radius 3 is 2.33 bits per heavy atom. The van der Waals surface area contributed by atoms with E-state index in [9.17, 15) is 4.79 Å². The van der Waals surface area contributed by atoms with E-state index in [1.807, 2.05) is 26.2 Å². The average Bonchev–Trinajstić information content (AvgIpc) is 2.52. The van der Waals surface area contributed by atoms with Crippen molar-refractivity contribution in [1.82, 2.24) is 5.48 Å². The second-order valence-corrected chi connectivity index (χ2v) is 5.16. The first-order chi connectivity index (χ1) is 10.1. The van der Waals surface area contributed by atoms with Gasteiger partial charge >= 0.3 is 0 Å². The monoisotopic (exact) mass is 284 g/mol. The Labute approximate surface area is 125 Å². The maximum Gasteiger partial charge on any atom is 0.274 e. The Morgan fingerprint density at radius 1 is 1.05 bits per heavy atom. The van der Waals surface area contributed by atoms with Gasteiger partial charge in [-0.3, -0.25) is 10.0 Å². The first-order valence-electron chi connectivity index (χ1n) is 6.90. The fourth-order valence-electron chi connectivity index (χ4n) is 2.26. The van der Waals surface area contributed by atoms with Gasteiger partial charge < -0.3 is 4.90 Å². The summed E-state index contributed by atoms with van der Waals surface area (Å²) < 4.78 is 0. The van der Waals surface area contributed by atoms with E-state index < -0.39 is 5.91 Å². The Bertz CT molecular complexity index is 606. The first-order valence-corrected chi connectivity index (χ1v) is 6.90. The SMILES string of the molecule is CN(C)c1ccc(CCc2ccccc2C(=O)NO)cc1. The van der Waals surface area contributed by atoms with Gasteiger partial charge in [-0.05, 0) is 42.2 Å². The molecule has 0 saturated carbocycles. The number of nitrogens with zero attached hydrogens (tertiary/aromatic N) is 1. The Kier molecular flexibility index (Phi) is 4.95. The lowest BCUT2D eigenvalue weighted by Gasteiger charge is -2.13. The molecule has 110 valence electrons. The van der Waals surface area contributed by atoms with Crippen LogP contribution in [-0.4, -0.2) is 25.2 Å². The van der Waals surface area contributed by atoms with Crippen LogP contribution in [0.4, 0.5) is 5.69 Å². The van der Waals surface area contributed by atoms with Gasteiger partial charge in [-0.25, -0.2) is 5.48 Å². The lowest BCUT2D eigenvalue weighted by Crippen LogP contribution is -2.20. The molecule has 0 aliphatic rings. The van der Waals surface area contributed by atoms with Crippen LogP contribution in [0.2, 0.25) is 0 Å². The maximum absolute atomic E-state index is 11.6. The van der Waals surface area contributed by atoms with E-state index in [-0.39, 0.29) is 0 Å². The summed E-state index contributed by atoms with van der Waals surface area (Å²) in [6.45, 7) is 0. The van der Waals surface area contributed by atoms with Crippen LogP contribution in [0.25, 0.3) is 0 Å². The third-order valence-corrected chi connectivity index (χ3v) is 3.50. The molecule has 4 heteroatoms. The van der Waals surface area contributed by atoms with Gasteiger partial charge in [0.1, 0.15) is 0 Å². The standard InChI is InChI=1S/C17H20N2O2/c1-19(2)15-11-8-13(9-12-15)7-10-14-5-3-4-6-16(14)17(20)18-21/h3-6,8-9,11-12,21H,7,10H2,1-2H3,(H,18,20). The zero-order chi connectivity index (χ0) is 15.2. The molecular weight excluding hydrogens is 264 g/mol.